The van der Waals surface area contributed by atoms with Crippen molar-refractivity contribution < 1.29 is 14.6 Å². The van der Waals surface area contributed by atoms with Crippen molar-refractivity contribution in [3.05, 3.63) is 47.3 Å². The predicted octanol–water partition coefficient (Wildman–Crippen LogP) is 2.84. The minimum absolute atomic E-state index is 0.0784. The van der Waals surface area contributed by atoms with E-state index < -0.39 is 5.97 Å². The first-order valence-corrected chi connectivity index (χ1v) is 5.94. The molecule has 5 nitrogen and oxygen atoms in total. The zero-order valence-corrected chi connectivity index (χ0v) is 10.8. The number of aromatic nitrogens is 2. The van der Waals surface area contributed by atoms with E-state index in [4.69, 9.17) is 9.84 Å². The van der Waals surface area contributed by atoms with Crippen molar-refractivity contribution in [2.24, 2.45) is 0 Å². The highest BCUT2D eigenvalue weighted by Crippen LogP contribution is 2.20. The first-order chi connectivity index (χ1) is 9.10. The Kier molecular flexibility index (Phi) is 3.75. The van der Waals surface area contributed by atoms with Gasteiger partial charge in [0.2, 0.25) is 0 Å². The Morgan fingerprint density at radius 2 is 2.21 bits per heavy atom. The topological polar surface area (TPSA) is 72.3 Å². The molecular weight excluding hydrogens is 244 g/mol. The lowest BCUT2D eigenvalue weighted by Gasteiger charge is -2.06. The van der Waals surface area contributed by atoms with Crippen molar-refractivity contribution in [3.63, 3.8) is 0 Å². The van der Waals surface area contributed by atoms with E-state index >= 15 is 0 Å². The molecule has 0 aliphatic heterocycles. The van der Waals surface area contributed by atoms with Gasteiger partial charge in [-0.05, 0) is 31.0 Å². The molecule has 0 saturated heterocycles. The fraction of sp³-hybridized carbons (Fsp3) is 0.214. The van der Waals surface area contributed by atoms with Crippen LogP contribution in [0.5, 0.6) is 11.8 Å². The zero-order chi connectivity index (χ0) is 13.8. The van der Waals surface area contributed by atoms with E-state index in [0.29, 0.717) is 11.4 Å². The molecule has 5 heteroatoms. The molecule has 0 radical (unpaired) electrons. The molecule has 0 aliphatic rings. The summed E-state index contributed by atoms with van der Waals surface area (Å²) >= 11 is 0. The first kappa shape index (κ1) is 13.0. The summed E-state index contributed by atoms with van der Waals surface area (Å²) in [6.07, 6.45) is 2.17. The van der Waals surface area contributed by atoms with Crippen LogP contribution in [-0.2, 0) is 6.42 Å². The summed E-state index contributed by atoms with van der Waals surface area (Å²) in [7, 11) is 0. The van der Waals surface area contributed by atoms with E-state index in [1.165, 1.54) is 6.20 Å². The quantitative estimate of drug-likeness (QED) is 0.912. The average molecular weight is 258 g/mol. The maximum absolute atomic E-state index is 10.9. The molecule has 1 aromatic carbocycles. The summed E-state index contributed by atoms with van der Waals surface area (Å²) in [5.74, 6) is -0.404. The smallest absolute Gasteiger partial charge is 0.339 e. The minimum Gasteiger partial charge on any atom is -0.478 e. The Labute approximate surface area is 110 Å². The zero-order valence-electron chi connectivity index (χ0n) is 10.8. The highest BCUT2D eigenvalue weighted by molar-refractivity contribution is 5.88. The van der Waals surface area contributed by atoms with E-state index in [-0.39, 0.29) is 11.6 Å². The van der Waals surface area contributed by atoms with Crippen LogP contribution in [0.2, 0.25) is 0 Å². The standard InChI is InChI=1S/C14H14N2O3/c1-3-10-5-4-6-11(7-10)19-14-15-8-12(13(17)18)9(2)16-14/h4-8H,3H2,1-2H3,(H,17,18). The van der Waals surface area contributed by atoms with Crippen LogP contribution in [-0.4, -0.2) is 21.0 Å². The second-order valence-electron chi connectivity index (χ2n) is 4.06. The summed E-state index contributed by atoms with van der Waals surface area (Å²) in [4.78, 5) is 18.8. The van der Waals surface area contributed by atoms with Gasteiger partial charge in [0, 0.05) is 6.20 Å². The van der Waals surface area contributed by atoms with E-state index in [0.717, 1.165) is 12.0 Å². The molecule has 0 spiro atoms. The van der Waals surface area contributed by atoms with Crippen molar-refractivity contribution in [1.29, 1.82) is 0 Å². The first-order valence-electron chi connectivity index (χ1n) is 5.94. The SMILES string of the molecule is CCc1cccc(Oc2ncc(C(=O)O)c(C)n2)c1. The van der Waals surface area contributed by atoms with Crippen LogP contribution in [0.3, 0.4) is 0 Å². The van der Waals surface area contributed by atoms with Gasteiger partial charge in [-0.15, -0.1) is 0 Å². The van der Waals surface area contributed by atoms with Gasteiger partial charge in [-0.3, -0.25) is 0 Å². The van der Waals surface area contributed by atoms with E-state index in [2.05, 4.69) is 16.9 Å². The van der Waals surface area contributed by atoms with Crippen LogP contribution >= 0.6 is 0 Å². The van der Waals surface area contributed by atoms with Gasteiger partial charge >= 0.3 is 12.0 Å². The molecule has 0 aliphatic carbocycles. The molecule has 1 heterocycles. The number of aromatic carboxylic acids is 1. The highest BCUT2D eigenvalue weighted by atomic mass is 16.5. The molecule has 0 saturated carbocycles. The molecule has 0 bridgehead atoms. The Morgan fingerprint density at radius 3 is 2.84 bits per heavy atom. The summed E-state index contributed by atoms with van der Waals surface area (Å²) in [5, 5.41) is 8.89. The lowest BCUT2D eigenvalue weighted by molar-refractivity contribution is 0.0695. The number of benzene rings is 1. The van der Waals surface area contributed by atoms with E-state index in [9.17, 15) is 4.79 Å². The van der Waals surface area contributed by atoms with Crippen molar-refractivity contribution in [2.75, 3.05) is 0 Å². The van der Waals surface area contributed by atoms with Crippen molar-refractivity contribution in [1.82, 2.24) is 9.97 Å². The third-order valence-electron chi connectivity index (χ3n) is 2.70. The monoisotopic (exact) mass is 258 g/mol. The number of rotatable bonds is 4. The highest BCUT2D eigenvalue weighted by Gasteiger charge is 2.11. The van der Waals surface area contributed by atoms with E-state index in [1.54, 1.807) is 6.92 Å². The second kappa shape index (κ2) is 5.48. The number of carbonyl (C=O) groups is 1. The van der Waals surface area contributed by atoms with E-state index in [1.807, 2.05) is 24.3 Å². The third-order valence-corrected chi connectivity index (χ3v) is 2.70. The maximum Gasteiger partial charge on any atom is 0.339 e. The summed E-state index contributed by atoms with van der Waals surface area (Å²) < 4.78 is 5.52. The van der Waals surface area contributed by atoms with Gasteiger partial charge in [-0.2, -0.15) is 4.98 Å². The van der Waals surface area contributed by atoms with Crippen LogP contribution in [0, 0.1) is 6.92 Å². The van der Waals surface area contributed by atoms with Crippen LogP contribution in [0.1, 0.15) is 28.5 Å². The Morgan fingerprint density at radius 1 is 1.42 bits per heavy atom. The van der Waals surface area contributed by atoms with Gasteiger partial charge in [0.05, 0.1) is 11.3 Å². The molecule has 0 atom stereocenters. The summed E-state index contributed by atoms with van der Waals surface area (Å²) in [6, 6.07) is 7.77. The number of carboxylic acid groups (broad SMARTS) is 1. The van der Waals surface area contributed by atoms with Crippen LogP contribution < -0.4 is 4.74 Å². The molecule has 2 aromatic rings. The maximum atomic E-state index is 10.9. The van der Waals surface area contributed by atoms with Gasteiger partial charge in [0.25, 0.3) is 0 Å². The van der Waals surface area contributed by atoms with Crippen LogP contribution in [0.25, 0.3) is 0 Å². The largest absolute Gasteiger partial charge is 0.478 e. The van der Waals surface area contributed by atoms with Gasteiger partial charge < -0.3 is 9.84 Å². The number of ether oxygens (including phenoxy) is 1. The molecule has 1 N–H and O–H groups in total. The fourth-order valence-corrected chi connectivity index (χ4v) is 1.64. The normalized spacial score (nSPS) is 10.2. The molecule has 0 unspecified atom stereocenters. The van der Waals surface area contributed by atoms with Gasteiger partial charge in [-0.1, -0.05) is 19.1 Å². The number of aryl methyl sites for hydroxylation is 2. The molecule has 19 heavy (non-hydrogen) atoms. The Hall–Kier alpha value is -2.43. The van der Waals surface area contributed by atoms with Gasteiger partial charge in [-0.25, -0.2) is 9.78 Å². The lowest BCUT2D eigenvalue weighted by atomic mass is 10.2. The molecule has 2 rings (SSSR count). The Balaban J connectivity index is 2.23. The molecular formula is C14H14N2O3. The van der Waals surface area contributed by atoms with Crippen molar-refractivity contribution in [2.45, 2.75) is 20.3 Å². The summed E-state index contributed by atoms with van der Waals surface area (Å²) in [5.41, 5.74) is 1.61. The number of hydrogen-bond donors (Lipinski definition) is 1. The fourth-order valence-electron chi connectivity index (χ4n) is 1.64. The number of hydrogen-bond acceptors (Lipinski definition) is 4. The minimum atomic E-state index is -1.04. The average Bonchev–Trinajstić information content (AvgIpc) is 2.38. The van der Waals surface area contributed by atoms with Gasteiger partial charge in [0.1, 0.15) is 5.75 Å². The molecule has 0 amide bonds. The summed E-state index contributed by atoms with van der Waals surface area (Å²) in [6.45, 7) is 3.67. The van der Waals surface area contributed by atoms with Crippen molar-refractivity contribution in [3.8, 4) is 11.8 Å². The molecule has 98 valence electrons. The molecule has 1 aromatic heterocycles. The van der Waals surface area contributed by atoms with Gasteiger partial charge in [0.15, 0.2) is 0 Å². The van der Waals surface area contributed by atoms with Crippen LogP contribution in [0.15, 0.2) is 30.5 Å². The Bertz CT molecular complexity index is 611. The van der Waals surface area contributed by atoms with Crippen LogP contribution in [0.4, 0.5) is 0 Å². The van der Waals surface area contributed by atoms with Crippen molar-refractivity contribution >= 4 is 5.97 Å². The predicted molar refractivity (Wildman–Crippen MR) is 69.6 cm³/mol. The number of nitrogens with zero attached hydrogens (tertiary/aromatic N) is 2. The second-order valence-corrected chi connectivity index (χ2v) is 4.06. The lowest BCUT2D eigenvalue weighted by Crippen LogP contribution is -2.04. The number of carboxylic acids is 1. The molecule has 0 fully saturated rings. The third kappa shape index (κ3) is 3.07.